The van der Waals surface area contributed by atoms with Crippen LogP contribution in [0.25, 0.3) is 11.3 Å². The normalized spacial score (nSPS) is 11.5. The minimum Gasteiger partial charge on any atom is -0.478 e. The molecule has 0 aliphatic heterocycles. The van der Waals surface area contributed by atoms with Gasteiger partial charge in [0.05, 0.1) is 21.3 Å². The molecule has 110 valence electrons. The van der Waals surface area contributed by atoms with Gasteiger partial charge in [-0.05, 0) is 24.3 Å². The van der Waals surface area contributed by atoms with Gasteiger partial charge in [-0.25, -0.2) is 9.78 Å². The van der Waals surface area contributed by atoms with E-state index in [-0.39, 0.29) is 21.3 Å². The maximum absolute atomic E-state index is 12.8. The van der Waals surface area contributed by atoms with E-state index >= 15 is 0 Å². The molecule has 2 aromatic rings. The van der Waals surface area contributed by atoms with Gasteiger partial charge in [0.25, 0.3) is 0 Å². The number of pyridine rings is 1. The van der Waals surface area contributed by atoms with E-state index in [2.05, 4.69) is 4.98 Å². The van der Waals surface area contributed by atoms with Crippen LogP contribution in [0.1, 0.15) is 16.1 Å². The highest BCUT2D eigenvalue weighted by Gasteiger charge is 2.34. The van der Waals surface area contributed by atoms with Crippen molar-refractivity contribution in [2.45, 2.75) is 6.18 Å². The van der Waals surface area contributed by atoms with Crippen LogP contribution in [0.4, 0.5) is 13.2 Å². The van der Waals surface area contributed by atoms with E-state index in [1.54, 1.807) is 0 Å². The number of nitrogens with zero attached hydrogens (tertiary/aromatic N) is 1. The summed E-state index contributed by atoms with van der Waals surface area (Å²) < 4.78 is 38.4. The lowest BCUT2D eigenvalue weighted by Crippen LogP contribution is -2.11. The second-order valence-corrected chi connectivity index (χ2v) is 4.84. The SMILES string of the molecule is O=C(O)c1cc(-c2c(Cl)cccc2Cl)nc(C(F)(F)F)c1. The standard InChI is InChI=1S/C13H6Cl2F3NO2/c14-7-2-1-3-8(15)11(7)9-4-6(12(20)21)5-10(19-9)13(16,17)18/h1-5H,(H,20,21). The van der Waals surface area contributed by atoms with Gasteiger partial charge in [-0.1, -0.05) is 29.3 Å². The summed E-state index contributed by atoms with van der Waals surface area (Å²) in [5.41, 5.74) is -2.08. The van der Waals surface area contributed by atoms with Gasteiger partial charge in [0.15, 0.2) is 0 Å². The summed E-state index contributed by atoms with van der Waals surface area (Å²) in [6.45, 7) is 0. The first-order valence-electron chi connectivity index (χ1n) is 5.47. The Morgan fingerprint density at radius 1 is 1.14 bits per heavy atom. The Morgan fingerprint density at radius 2 is 1.71 bits per heavy atom. The smallest absolute Gasteiger partial charge is 0.433 e. The molecule has 0 atom stereocenters. The lowest BCUT2D eigenvalue weighted by atomic mass is 10.1. The Labute approximate surface area is 126 Å². The van der Waals surface area contributed by atoms with Crippen LogP contribution < -0.4 is 0 Å². The Bertz CT molecular complexity index is 697. The number of halogens is 5. The number of benzene rings is 1. The average molecular weight is 336 g/mol. The Hall–Kier alpha value is -1.79. The summed E-state index contributed by atoms with van der Waals surface area (Å²) in [5.74, 6) is -1.51. The summed E-state index contributed by atoms with van der Waals surface area (Å²) in [6, 6.07) is 5.80. The molecule has 1 heterocycles. The molecule has 0 bridgehead atoms. The Balaban J connectivity index is 2.75. The molecule has 0 spiro atoms. The van der Waals surface area contributed by atoms with Crippen molar-refractivity contribution < 1.29 is 23.1 Å². The van der Waals surface area contributed by atoms with Crippen LogP contribution in [0, 0.1) is 0 Å². The van der Waals surface area contributed by atoms with Gasteiger partial charge in [0.1, 0.15) is 5.69 Å². The first-order chi connectivity index (χ1) is 9.70. The number of hydrogen-bond donors (Lipinski definition) is 1. The predicted octanol–water partition coefficient (Wildman–Crippen LogP) is 4.77. The van der Waals surface area contributed by atoms with Crippen LogP contribution in [0.2, 0.25) is 10.0 Å². The molecule has 3 nitrogen and oxygen atoms in total. The first-order valence-corrected chi connectivity index (χ1v) is 6.22. The number of carbonyl (C=O) groups is 1. The molecule has 0 saturated heterocycles. The second kappa shape index (κ2) is 5.54. The van der Waals surface area contributed by atoms with Crippen LogP contribution >= 0.6 is 23.2 Å². The molecule has 2 rings (SSSR count). The summed E-state index contributed by atoms with van der Waals surface area (Å²) in [6.07, 6.45) is -4.78. The van der Waals surface area contributed by atoms with Crippen LogP contribution in [-0.2, 0) is 6.18 Å². The highest BCUT2D eigenvalue weighted by molar-refractivity contribution is 6.39. The number of hydrogen-bond acceptors (Lipinski definition) is 2. The molecular weight excluding hydrogens is 330 g/mol. The van der Waals surface area contributed by atoms with Gasteiger partial charge in [-0.2, -0.15) is 13.2 Å². The lowest BCUT2D eigenvalue weighted by Gasteiger charge is -2.11. The van der Waals surface area contributed by atoms with Crippen LogP contribution in [0.3, 0.4) is 0 Å². The topological polar surface area (TPSA) is 50.2 Å². The minimum atomic E-state index is -4.78. The van der Waals surface area contributed by atoms with Crippen LogP contribution in [0.15, 0.2) is 30.3 Å². The number of carboxylic acid groups (broad SMARTS) is 1. The zero-order valence-electron chi connectivity index (χ0n) is 10.1. The molecule has 0 unspecified atom stereocenters. The molecule has 0 saturated carbocycles. The lowest BCUT2D eigenvalue weighted by molar-refractivity contribution is -0.141. The number of carboxylic acids is 1. The van der Waals surface area contributed by atoms with Crippen molar-refractivity contribution in [2.75, 3.05) is 0 Å². The van der Waals surface area contributed by atoms with Crippen LogP contribution in [-0.4, -0.2) is 16.1 Å². The monoisotopic (exact) mass is 335 g/mol. The largest absolute Gasteiger partial charge is 0.478 e. The van der Waals surface area contributed by atoms with E-state index in [0.29, 0.717) is 6.07 Å². The first kappa shape index (κ1) is 15.6. The fourth-order valence-corrected chi connectivity index (χ4v) is 2.26. The van der Waals surface area contributed by atoms with Crippen molar-refractivity contribution in [1.82, 2.24) is 4.98 Å². The maximum atomic E-state index is 12.8. The van der Waals surface area contributed by atoms with Crippen molar-refractivity contribution in [3.63, 3.8) is 0 Å². The van der Waals surface area contributed by atoms with Crippen molar-refractivity contribution in [1.29, 1.82) is 0 Å². The average Bonchev–Trinajstić information content (AvgIpc) is 2.37. The Morgan fingerprint density at radius 3 is 2.19 bits per heavy atom. The zero-order chi connectivity index (χ0) is 15.8. The van der Waals surface area contributed by atoms with Crippen molar-refractivity contribution in [2.24, 2.45) is 0 Å². The molecule has 1 aromatic heterocycles. The second-order valence-electron chi connectivity index (χ2n) is 4.03. The van der Waals surface area contributed by atoms with E-state index in [0.717, 1.165) is 6.07 Å². The van der Waals surface area contributed by atoms with Crippen molar-refractivity contribution in [3.8, 4) is 11.3 Å². The van der Waals surface area contributed by atoms with E-state index in [1.165, 1.54) is 18.2 Å². The summed E-state index contributed by atoms with van der Waals surface area (Å²) in [7, 11) is 0. The third kappa shape index (κ3) is 3.28. The molecule has 8 heteroatoms. The van der Waals surface area contributed by atoms with E-state index in [9.17, 15) is 18.0 Å². The number of alkyl halides is 3. The minimum absolute atomic E-state index is 0.0504. The highest BCUT2D eigenvalue weighted by Crippen LogP contribution is 2.36. The summed E-state index contributed by atoms with van der Waals surface area (Å²) in [5, 5.41) is 9.07. The highest BCUT2D eigenvalue weighted by atomic mass is 35.5. The fourth-order valence-electron chi connectivity index (χ4n) is 1.67. The molecule has 0 aliphatic rings. The molecule has 1 N–H and O–H groups in total. The van der Waals surface area contributed by atoms with E-state index in [4.69, 9.17) is 28.3 Å². The molecule has 1 aromatic carbocycles. The van der Waals surface area contributed by atoms with Gasteiger partial charge in [-0.3, -0.25) is 0 Å². The van der Waals surface area contributed by atoms with Crippen molar-refractivity contribution in [3.05, 3.63) is 51.6 Å². The molecule has 0 fully saturated rings. The van der Waals surface area contributed by atoms with Gasteiger partial charge in [-0.15, -0.1) is 0 Å². The van der Waals surface area contributed by atoms with E-state index in [1.807, 2.05) is 0 Å². The third-order valence-electron chi connectivity index (χ3n) is 2.58. The van der Waals surface area contributed by atoms with Gasteiger partial charge in [0.2, 0.25) is 0 Å². The maximum Gasteiger partial charge on any atom is 0.433 e. The number of rotatable bonds is 2. The van der Waals surface area contributed by atoms with Crippen LogP contribution in [0.5, 0.6) is 0 Å². The predicted molar refractivity (Wildman–Crippen MR) is 71.7 cm³/mol. The van der Waals surface area contributed by atoms with Gasteiger partial charge >= 0.3 is 12.1 Å². The fraction of sp³-hybridized carbons (Fsp3) is 0.0769. The van der Waals surface area contributed by atoms with Crippen molar-refractivity contribution >= 4 is 29.2 Å². The third-order valence-corrected chi connectivity index (χ3v) is 3.21. The molecule has 0 radical (unpaired) electrons. The molecule has 0 amide bonds. The molecule has 0 aliphatic carbocycles. The van der Waals surface area contributed by atoms with Gasteiger partial charge in [0, 0.05) is 5.56 Å². The number of aromatic nitrogens is 1. The summed E-state index contributed by atoms with van der Waals surface area (Å²) in [4.78, 5) is 14.4. The zero-order valence-corrected chi connectivity index (χ0v) is 11.6. The van der Waals surface area contributed by atoms with Gasteiger partial charge < -0.3 is 5.11 Å². The summed E-state index contributed by atoms with van der Waals surface area (Å²) >= 11 is 11.8. The van der Waals surface area contributed by atoms with E-state index < -0.39 is 23.4 Å². The molecular formula is C13H6Cl2F3NO2. The number of aromatic carboxylic acids is 1. The molecule has 21 heavy (non-hydrogen) atoms. The Kier molecular flexibility index (Phi) is 4.11. The quantitative estimate of drug-likeness (QED) is 0.859.